The van der Waals surface area contributed by atoms with Crippen LogP contribution in [0.2, 0.25) is 0 Å². The Morgan fingerprint density at radius 1 is 1.15 bits per heavy atom. The van der Waals surface area contributed by atoms with E-state index in [1.165, 1.54) is 4.70 Å². The number of hydrogen-bond acceptors (Lipinski definition) is 5. The van der Waals surface area contributed by atoms with E-state index in [1.54, 1.807) is 41.4 Å². The number of thioether (sulfide) groups is 1. The normalized spacial score (nSPS) is 11.0. The Balaban J connectivity index is 1.48. The fraction of sp³-hybridized carbons (Fsp3) is 0.150. The van der Waals surface area contributed by atoms with Crippen molar-refractivity contribution in [3.05, 3.63) is 65.0 Å². The van der Waals surface area contributed by atoms with Crippen molar-refractivity contribution >= 4 is 51.2 Å². The number of benzene rings is 2. The highest BCUT2D eigenvalue weighted by Crippen LogP contribution is 2.24. The van der Waals surface area contributed by atoms with Gasteiger partial charge in [-0.15, -0.1) is 23.1 Å². The lowest BCUT2D eigenvalue weighted by atomic mass is 10.2. The molecule has 0 aliphatic carbocycles. The van der Waals surface area contributed by atoms with Crippen molar-refractivity contribution in [1.29, 1.82) is 0 Å². The number of nitrogens with one attached hydrogen (secondary N) is 2. The number of amides is 2. The molecule has 0 aliphatic rings. The van der Waals surface area contributed by atoms with Crippen molar-refractivity contribution in [3.8, 4) is 0 Å². The lowest BCUT2D eigenvalue weighted by Crippen LogP contribution is -2.34. The van der Waals surface area contributed by atoms with E-state index in [2.05, 4.69) is 22.8 Å². The molecule has 3 aromatic rings. The van der Waals surface area contributed by atoms with Crippen molar-refractivity contribution < 1.29 is 9.59 Å². The summed E-state index contributed by atoms with van der Waals surface area (Å²) in [5, 5.41) is 9.65. The van der Waals surface area contributed by atoms with Crippen molar-refractivity contribution in [3.63, 3.8) is 0 Å². The maximum absolute atomic E-state index is 12.1. The lowest BCUT2D eigenvalue weighted by molar-refractivity contribution is -0.120. The molecule has 138 valence electrons. The van der Waals surface area contributed by atoms with Crippen LogP contribution in [-0.2, 0) is 4.79 Å². The molecule has 0 saturated carbocycles. The number of rotatable bonds is 7. The minimum absolute atomic E-state index is 0.133. The van der Waals surface area contributed by atoms with Gasteiger partial charge in [0.05, 0.1) is 12.8 Å². The summed E-state index contributed by atoms with van der Waals surface area (Å²) in [5.41, 5.74) is 3.91. The Labute approximate surface area is 165 Å². The number of hydrazone groups is 1. The van der Waals surface area contributed by atoms with E-state index < -0.39 is 0 Å². The van der Waals surface area contributed by atoms with Gasteiger partial charge in [0.25, 0.3) is 11.8 Å². The molecule has 27 heavy (non-hydrogen) atoms. The second kappa shape index (κ2) is 9.34. The van der Waals surface area contributed by atoms with E-state index in [-0.39, 0.29) is 18.4 Å². The first kappa shape index (κ1) is 19.1. The van der Waals surface area contributed by atoms with Crippen molar-refractivity contribution in [2.24, 2.45) is 5.10 Å². The van der Waals surface area contributed by atoms with Crippen LogP contribution >= 0.6 is 23.1 Å². The van der Waals surface area contributed by atoms with Crippen LogP contribution in [0.5, 0.6) is 0 Å². The number of carbonyl (C=O) groups is 2. The van der Waals surface area contributed by atoms with E-state index in [1.807, 2.05) is 41.8 Å². The fourth-order valence-electron chi connectivity index (χ4n) is 2.44. The molecule has 0 radical (unpaired) electrons. The number of fused-ring (bicyclic) bond motifs is 1. The van der Waals surface area contributed by atoms with E-state index in [4.69, 9.17) is 0 Å². The lowest BCUT2D eigenvalue weighted by Gasteiger charge is -2.05. The predicted molar refractivity (Wildman–Crippen MR) is 113 cm³/mol. The summed E-state index contributed by atoms with van der Waals surface area (Å²) in [6.07, 6.45) is 1.61. The summed E-state index contributed by atoms with van der Waals surface area (Å²) in [4.78, 5) is 25.1. The molecule has 2 amide bonds. The molecule has 0 spiro atoms. The first-order valence-corrected chi connectivity index (χ1v) is 10.3. The zero-order chi connectivity index (χ0) is 19.1. The third-order valence-corrected chi connectivity index (χ3v) is 5.62. The minimum Gasteiger partial charge on any atom is -0.343 e. The summed E-state index contributed by atoms with van der Waals surface area (Å²) in [6.45, 7) is 1.94. The van der Waals surface area contributed by atoms with Crippen molar-refractivity contribution in [2.75, 3.05) is 12.3 Å². The Bertz CT molecular complexity index is 965. The minimum atomic E-state index is -0.378. The summed E-state index contributed by atoms with van der Waals surface area (Å²) in [6, 6.07) is 15.3. The third-order valence-electron chi connectivity index (χ3n) is 3.74. The van der Waals surface area contributed by atoms with Gasteiger partial charge in [0, 0.05) is 31.5 Å². The van der Waals surface area contributed by atoms with Crippen LogP contribution in [0.3, 0.4) is 0 Å². The standard InChI is InChI=1S/C20H19N3O2S2/c1-2-26-16-9-7-14(8-10-16)20(25)21-12-19(24)23-22-11-15-13-27-18-6-4-3-5-17(15)18/h3-11,13H,2,12H2,1H3,(H,21,25)(H,23,24). The van der Waals surface area contributed by atoms with Crippen LogP contribution in [0, 0.1) is 0 Å². The van der Waals surface area contributed by atoms with Crippen LogP contribution in [0.1, 0.15) is 22.8 Å². The molecule has 0 bridgehead atoms. The highest BCUT2D eigenvalue weighted by molar-refractivity contribution is 7.99. The first-order chi connectivity index (χ1) is 13.2. The zero-order valence-corrected chi connectivity index (χ0v) is 16.4. The molecule has 2 aromatic carbocycles. The molecule has 1 heterocycles. The van der Waals surface area contributed by atoms with Gasteiger partial charge >= 0.3 is 0 Å². The molecule has 3 rings (SSSR count). The molecule has 5 nitrogen and oxygen atoms in total. The van der Waals surface area contributed by atoms with Crippen LogP contribution in [0.4, 0.5) is 0 Å². The monoisotopic (exact) mass is 397 g/mol. The van der Waals surface area contributed by atoms with Crippen LogP contribution in [0.25, 0.3) is 10.1 Å². The molecular weight excluding hydrogens is 378 g/mol. The SMILES string of the molecule is CCSc1ccc(C(=O)NCC(=O)NN=Cc2csc3ccccc23)cc1. The maximum atomic E-state index is 12.1. The molecule has 7 heteroatoms. The van der Waals surface area contributed by atoms with Gasteiger partial charge in [-0.05, 0) is 36.1 Å². The molecule has 0 aliphatic heterocycles. The molecule has 0 unspecified atom stereocenters. The number of carbonyl (C=O) groups excluding carboxylic acids is 2. The van der Waals surface area contributed by atoms with Crippen molar-refractivity contribution in [2.45, 2.75) is 11.8 Å². The summed E-state index contributed by atoms with van der Waals surface area (Å²) < 4.78 is 1.17. The molecular formula is C20H19N3O2S2. The Hall–Kier alpha value is -2.64. The zero-order valence-electron chi connectivity index (χ0n) is 14.8. The highest BCUT2D eigenvalue weighted by atomic mass is 32.2. The van der Waals surface area contributed by atoms with Gasteiger partial charge in [0.1, 0.15) is 0 Å². The molecule has 0 fully saturated rings. The Morgan fingerprint density at radius 3 is 2.70 bits per heavy atom. The Morgan fingerprint density at radius 2 is 1.93 bits per heavy atom. The van der Waals surface area contributed by atoms with Gasteiger partial charge in [0.2, 0.25) is 0 Å². The second-order valence-electron chi connectivity index (χ2n) is 5.62. The topological polar surface area (TPSA) is 70.6 Å². The van der Waals surface area contributed by atoms with Gasteiger partial charge in [0.15, 0.2) is 0 Å². The largest absolute Gasteiger partial charge is 0.343 e. The van der Waals surface area contributed by atoms with E-state index >= 15 is 0 Å². The molecule has 0 atom stereocenters. The van der Waals surface area contributed by atoms with Gasteiger partial charge in [-0.1, -0.05) is 25.1 Å². The summed E-state index contributed by atoms with van der Waals surface area (Å²) >= 11 is 3.34. The highest BCUT2D eigenvalue weighted by Gasteiger charge is 2.08. The predicted octanol–water partition coefficient (Wildman–Crippen LogP) is 3.89. The molecule has 0 saturated heterocycles. The van der Waals surface area contributed by atoms with Crippen LogP contribution < -0.4 is 10.7 Å². The van der Waals surface area contributed by atoms with E-state index in [0.29, 0.717) is 5.56 Å². The number of thiophene rings is 1. The maximum Gasteiger partial charge on any atom is 0.259 e. The van der Waals surface area contributed by atoms with Gasteiger partial charge in [-0.25, -0.2) is 5.43 Å². The van der Waals surface area contributed by atoms with Crippen LogP contribution in [-0.4, -0.2) is 30.3 Å². The second-order valence-corrected chi connectivity index (χ2v) is 7.87. The fourth-order valence-corrected chi connectivity index (χ4v) is 4.02. The summed E-state index contributed by atoms with van der Waals surface area (Å²) in [5.74, 6) is 0.316. The third kappa shape index (κ3) is 5.18. The van der Waals surface area contributed by atoms with E-state index in [9.17, 15) is 9.59 Å². The van der Waals surface area contributed by atoms with Crippen molar-refractivity contribution in [1.82, 2.24) is 10.7 Å². The quantitative estimate of drug-likeness (QED) is 0.361. The number of nitrogens with zero attached hydrogens (tertiary/aromatic N) is 1. The first-order valence-electron chi connectivity index (χ1n) is 8.46. The average Bonchev–Trinajstić information content (AvgIpc) is 3.10. The molecule has 1 aromatic heterocycles. The van der Waals surface area contributed by atoms with E-state index in [0.717, 1.165) is 21.6 Å². The number of hydrogen-bond donors (Lipinski definition) is 2. The smallest absolute Gasteiger partial charge is 0.259 e. The van der Waals surface area contributed by atoms with Gasteiger partial charge < -0.3 is 5.32 Å². The Kier molecular flexibility index (Phi) is 6.62. The summed E-state index contributed by atoms with van der Waals surface area (Å²) in [7, 11) is 0. The average molecular weight is 398 g/mol. The molecule has 2 N–H and O–H groups in total. The van der Waals surface area contributed by atoms with Gasteiger partial charge in [-0.2, -0.15) is 5.10 Å². The van der Waals surface area contributed by atoms with Crippen LogP contribution in [0.15, 0.2) is 63.9 Å². The van der Waals surface area contributed by atoms with Gasteiger partial charge in [-0.3, -0.25) is 9.59 Å².